The van der Waals surface area contributed by atoms with E-state index < -0.39 is 0 Å². The predicted molar refractivity (Wildman–Crippen MR) is 74.7 cm³/mol. The van der Waals surface area contributed by atoms with Crippen LogP contribution in [0.1, 0.15) is 30.8 Å². The van der Waals surface area contributed by atoms with Crippen molar-refractivity contribution in [1.82, 2.24) is 10.1 Å². The second-order valence-electron chi connectivity index (χ2n) is 4.26. The van der Waals surface area contributed by atoms with Crippen molar-refractivity contribution in [2.75, 3.05) is 18.9 Å². The zero-order chi connectivity index (χ0) is 13.0. The monoisotopic (exact) mass is 289 g/mol. The number of aromatic nitrogens is 2. The van der Waals surface area contributed by atoms with E-state index >= 15 is 0 Å². The average molecular weight is 289 g/mol. The fraction of sp³-hybridized carbons (Fsp3) is 0.818. The molecule has 3 atom stereocenters. The molecule has 0 amide bonds. The van der Waals surface area contributed by atoms with Gasteiger partial charge in [0, 0.05) is 22.8 Å². The number of rotatable bonds is 5. The Kier molecular flexibility index (Phi) is 5.35. The highest BCUT2D eigenvalue weighted by Crippen LogP contribution is 2.43. The summed E-state index contributed by atoms with van der Waals surface area (Å²) >= 11 is 3.89. The van der Waals surface area contributed by atoms with Crippen LogP contribution in [0.5, 0.6) is 0 Å². The first-order chi connectivity index (χ1) is 8.70. The molecule has 7 heteroatoms. The van der Waals surface area contributed by atoms with Crippen molar-refractivity contribution in [1.29, 1.82) is 0 Å². The second-order valence-corrected chi connectivity index (χ2v) is 7.25. The lowest BCUT2D eigenvalue weighted by molar-refractivity contribution is 0.104. The van der Waals surface area contributed by atoms with E-state index in [1.807, 2.05) is 23.5 Å². The molecular weight excluding hydrogens is 270 g/mol. The van der Waals surface area contributed by atoms with E-state index in [0.29, 0.717) is 41.4 Å². The Labute approximate surface area is 116 Å². The van der Waals surface area contributed by atoms with Gasteiger partial charge in [-0.3, -0.25) is 0 Å². The molecular formula is C11H19N3O2S2. The predicted octanol–water partition coefficient (Wildman–Crippen LogP) is 1.84. The number of hydrogen-bond donors (Lipinski definition) is 1. The average Bonchev–Trinajstić information content (AvgIpc) is 2.82. The molecule has 1 saturated heterocycles. The van der Waals surface area contributed by atoms with E-state index in [1.54, 1.807) is 0 Å². The summed E-state index contributed by atoms with van der Waals surface area (Å²) in [6.07, 6.45) is 0. The molecule has 0 saturated carbocycles. The number of ether oxygens (including phenoxy) is 1. The smallest absolute Gasteiger partial charge is 0.252 e. The van der Waals surface area contributed by atoms with Crippen molar-refractivity contribution in [3.63, 3.8) is 0 Å². The van der Waals surface area contributed by atoms with Crippen molar-refractivity contribution in [2.45, 2.75) is 36.2 Å². The highest BCUT2D eigenvalue weighted by Gasteiger charge is 2.29. The van der Waals surface area contributed by atoms with Crippen molar-refractivity contribution in [3.05, 3.63) is 11.7 Å². The van der Waals surface area contributed by atoms with Gasteiger partial charge in [0.1, 0.15) is 6.61 Å². The molecule has 0 bridgehead atoms. The van der Waals surface area contributed by atoms with Crippen molar-refractivity contribution in [2.24, 2.45) is 5.73 Å². The van der Waals surface area contributed by atoms with E-state index in [-0.39, 0.29) is 0 Å². The van der Waals surface area contributed by atoms with Crippen LogP contribution in [0, 0.1) is 0 Å². The molecule has 18 heavy (non-hydrogen) atoms. The summed E-state index contributed by atoms with van der Waals surface area (Å²) in [5.74, 6) is 2.37. The molecule has 0 aliphatic carbocycles. The molecule has 5 nitrogen and oxygen atoms in total. The Morgan fingerprint density at radius 1 is 1.44 bits per heavy atom. The first-order valence-corrected chi connectivity index (χ1v) is 8.07. The van der Waals surface area contributed by atoms with Gasteiger partial charge in [0.05, 0.1) is 11.9 Å². The van der Waals surface area contributed by atoms with Crippen molar-refractivity contribution >= 4 is 23.5 Å². The van der Waals surface area contributed by atoms with Crippen molar-refractivity contribution < 1.29 is 9.26 Å². The van der Waals surface area contributed by atoms with Crippen molar-refractivity contribution in [3.8, 4) is 0 Å². The topological polar surface area (TPSA) is 74.2 Å². The van der Waals surface area contributed by atoms with Gasteiger partial charge < -0.3 is 15.0 Å². The zero-order valence-corrected chi connectivity index (χ0v) is 12.3. The fourth-order valence-corrected chi connectivity index (χ4v) is 4.45. The van der Waals surface area contributed by atoms with Crippen LogP contribution >= 0.6 is 23.5 Å². The molecule has 1 aliphatic heterocycles. The molecule has 1 aliphatic rings. The summed E-state index contributed by atoms with van der Waals surface area (Å²) in [6.45, 7) is 5.88. The number of nitrogens with two attached hydrogens (primary N) is 1. The zero-order valence-electron chi connectivity index (χ0n) is 10.7. The van der Waals surface area contributed by atoms with Crippen LogP contribution in [0.3, 0.4) is 0 Å². The van der Waals surface area contributed by atoms with Crippen LogP contribution in [-0.2, 0) is 11.3 Å². The van der Waals surface area contributed by atoms with E-state index in [2.05, 4.69) is 24.0 Å². The number of nitrogens with zero attached hydrogens (tertiary/aromatic N) is 2. The third-order valence-electron chi connectivity index (χ3n) is 2.81. The van der Waals surface area contributed by atoms with E-state index in [9.17, 15) is 0 Å². The van der Waals surface area contributed by atoms with Gasteiger partial charge in [0.2, 0.25) is 0 Å². The maximum absolute atomic E-state index is 5.35. The highest BCUT2D eigenvalue weighted by atomic mass is 32.2. The summed E-state index contributed by atoms with van der Waals surface area (Å²) in [7, 11) is 0. The highest BCUT2D eigenvalue weighted by molar-refractivity contribution is 8.07. The van der Waals surface area contributed by atoms with Gasteiger partial charge in [0.25, 0.3) is 5.89 Å². The van der Waals surface area contributed by atoms with Gasteiger partial charge in [-0.25, -0.2) is 0 Å². The van der Waals surface area contributed by atoms with Crippen LogP contribution in [0.25, 0.3) is 0 Å². The van der Waals surface area contributed by atoms with Gasteiger partial charge in [-0.15, -0.1) is 11.8 Å². The van der Waals surface area contributed by atoms with Crippen LogP contribution in [0.4, 0.5) is 0 Å². The fourth-order valence-electron chi connectivity index (χ4n) is 1.62. The summed E-state index contributed by atoms with van der Waals surface area (Å²) in [5.41, 5.74) is 5.35. The summed E-state index contributed by atoms with van der Waals surface area (Å²) < 4.78 is 10.5. The third-order valence-corrected chi connectivity index (χ3v) is 6.20. The molecule has 1 fully saturated rings. The van der Waals surface area contributed by atoms with E-state index in [4.69, 9.17) is 15.0 Å². The maximum Gasteiger partial charge on any atom is 0.252 e. The van der Waals surface area contributed by atoms with Gasteiger partial charge in [-0.05, 0) is 0 Å². The minimum absolute atomic E-state index is 0.327. The normalized spacial score (nSPS) is 28.5. The molecule has 2 N–H and O–H groups in total. The van der Waals surface area contributed by atoms with E-state index in [1.165, 1.54) is 0 Å². The molecule has 2 rings (SSSR count). The molecule has 0 spiro atoms. The number of thioether (sulfide) groups is 2. The Bertz CT molecular complexity index is 375. The number of hydrogen-bond acceptors (Lipinski definition) is 7. The summed E-state index contributed by atoms with van der Waals surface area (Å²) in [5, 5.41) is 5.67. The molecule has 1 aromatic heterocycles. The largest absolute Gasteiger partial charge is 0.370 e. The summed E-state index contributed by atoms with van der Waals surface area (Å²) in [4.78, 5) is 4.39. The third kappa shape index (κ3) is 3.63. The van der Waals surface area contributed by atoms with Gasteiger partial charge in [-0.2, -0.15) is 16.7 Å². The first-order valence-electron chi connectivity index (χ1n) is 6.08. The molecule has 2 heterocycles. The molecule has 3 unspecified atom stereocenters. The first kappa shape index (κ1) is 14.2. The van der Waals surface area contributed by atoms with Gasteiger partial charge >= 0.3 is 0 Å². The Balaban J connectivity index is 1.89. The molecule has 0 radical (unpaired) electrons. The van der Waals surface area contributed by atoms with Crippen LogP contribution in [0.15, 0.2) is 4.52 Å². The van der Waals surface area contributed by atoms with E-state index in [0.717, 1.165) is 11.6 Å². The lowest BCUT2D eigenvalue weighted by Crippen LogP contribution is -2.22. The SMILES string of the molecule is CC1SCC(c2noc(COCCN)n2)SC1C. The van der Waals surface area contributed by atoms with Crippen LogP contribution < -0.4 is 5.73 Å². The maximum atomic E-state index is 5.35. The Morgan fingerprint density at radius 3 is 3.00 bits per heavy atom. The van der Waals surface area contributed by atoms with Gasteiger partial charge in [0.15, 0.2) is 5.82 Å². The lowest BCUT2D eigenvalue weighted by Gasteiger charge is -2.29. The van der Waals surface area contributed by atoms with Crippen LogP contribution in [0.2, 0.25) is 0 Å². The Morgan fingerprint density at radius 2 is 2.28 bits per heavy atom. The standard InChI is InChI=1S/C11H19N3O2S2/c1-7-8(2)18-9(6-17-7)11-13-10(16-14-11)5-15-4-3-12/h7-9H,3-6,12H2,1-2H3. The molecule has 102 valence electrons. The molecule has 1 aromatic rings. The van der Waals surface area contributed by atoms with Gasteiger partial charge in [-0.1, -0.05) is 19.0 Å². The minimum Gasteiger partial charge on any atom is -0.370 e. The molecule has 0 aromatic carbocycles. The minimum atomic E-state index is 0.327. The second kappa shape index (κ2) is 6.79. The quantitative estimate of drug-likeness (QED) is 0.829. The lowest BCUT2D eigenvalue weighted by atomic mass is 10.3. The Hall–Kier alpha value is -0.240. The van der Waals surface area contributed by atoms with Crippen LogP contribution in [-0.4, -0.2) is 39.5 Å². The summed E-state index contributed by atoms with van der Waals surface area (Å²) in [6, 6.07) is 0.